The molecule has 16 heavy (non-hydrogen) atoms. The van der Waals surface area contributed by atoms with Crippen LogP contribution in [0.4, 0.5) is 0 Å². The van der Waals surface area contributed by atoms with Crippen LogP contribution in [0.3, 0.4) is 0 Å². The van der Waals surface area contributed by atoms with Crippen molar-refractivity contribution in [3.8, 4) is 0 Å². The Morgan fingerprint density at radius 3 is 1.56 bits per heavy atom. The molecule has 1 aromatic rings. The maximum Gasteiger partial charge on any atom is 0.328 e. The molecule has 0 atom stereocenters. The van der Waals surface area contributed by atoms with E-state index in [0.29, 0.717) is 12.2 Å². The topological polar surface area (TPSA) is 74.6 Å². The zero-order valence-corrected chi connectivity index (χ0v) is 11.4. The molecular weight excluding hydrogens is 243 g/mol. The summed E-state index contributed by atoms with van der Waals surface area (Å²) >= 11 is 5.54. The fraction of sp³-hybridized carbons (Fsp3) is 0. The Morgan fingerprint density at radius 2 is 1.38 bits per heavy atom. The molecule has 0 unspecified atom stereocenters. The standard InChI is InChI=1S/C6H5Cl.C4H4O4.Na/c7-6-4-2-1-3-5-6;5-3(6)1-2-4(7)8;/h1-5H;1-2H,(H,5,6)(H,7,8);. The molecule has 81 valence electrons. The van der Waals surface area contributed by atoms with Crippen molar-refractivity contribution in [1.29, 1.82) is 0 Å². The van der Waals surface area contributed by atoms with Crippen LogP contribution in [0.2, 0.25) is 5.02 Å². The number of carboxylic acids is 2. The minimum Gasteiger partial charge on any atom is -0.478 e. The van der Waals surface area contributed by atoms with Gasteiger partial charge in [0.15, 0.2) is 0 Å². The number of hydrogen-bond donors (Lipinski definition) is 2. The van der Waals surface area contributed by atoms with E-state index in [4.69, 9.17) is 21.8 Å². The van der Waals surface area contributed by atoms with Gasteiger partial charge in [-0.15, -0.1) is 0 Å². The third-order valence-corrected chi connectivity index (χ3v) is 1.35. The summed E-state index contributed by atoms with van der Waals surface area (Å²) in [6.45, 7) is 0. The molecule has 0 saturated heterocycles. The van der Waals surface area contributed by atoms with Crippen LogP contribution in [0.5, 0.6) is 0 Å². The zero-order chi connectivity index (χ0) is 11.7. The van der Waals surface area contributed by atoms with Crippen LogP contribution in [-0.4, -0.2) is 51.7 Å². The number of rotatable bonds is 2. The molecule has 1 radical (unpaired) electrons. The quantitative estimate of drug-likeness (QED) is 0.619. The van der Waals surface area contributed by atoms with Gasteiger partial charge in [0.25, 0.3) is 0 Å². The summed E-state index contributed by atoms with van der Waals surface area (Å²) < 4.78 is 0. The molecule has 0 heterocycles. The molecule has 0 aromatic heterocycles. The Kier molecular flexibility index (Phi) is 11.8. The maximum absolute atomic E-state index is 9.55. The van der Waals surface area contributed by atoms with Gasteiger partial charge >= 0.3 is 11.9 Å². The van der Waals surface area contributed by atoms with Crippen molar-refractivity contribution in [3.05, 3.63) is 47.5 Å². The van der Waals surface area contributed by atoms with Crippen LogP contribution in [-0.2, 0) is 9.59 Å². The summed E-state index contributed by atoms with van der Waals surface area (Å²) in [7, 11) is 0. The fourth-order valence-corrected chi connectivity index (χ4v) is 0.703. The summed E-state index contributed by atoms with van der Waals surface area (Å²) in [5, 5.41) is 16.4. The van der Waals surface area contributed by atoms with E-state index in [0.717, 1.165) is 5.02 Å². The van der Waals surface area contributed by atoms with Gasteiger partial charge in [-0.1, -0.05) is 29.8 Å². The minimum absolute atomic E-state index is 0. The molecule has 0 aliphatic rings. The Labute approximate surface area is 120 Å². The molecule has 0 bridgehead atoms. The second-order valence-corrected chi connectivity index (χ2v) is 2.74. The fourth-order valence-electron chi connectivity index (χ4n) is 0.557. The van der Waals surface area contributed by atoms with E-state index in [9.17, 15) is 9.59 Å². The molecule has 1 aromatic carbocycles. The van der Waals surface area contributed by atoms with E-state index in [1.807, 2.05) is 30.3 Å². The number of hydrogen-bond acceptors (Lipinski definition) is 2. The smallest absolute Gasteiger partial charge is 0.328 e. The second-order valence-electron chi connectivity index (χ2n) is 2.31. The normalized spacial score (nSPS) is 8.56. The Bertz CT molecular complexity index is 335. The van der Waals surface area contributed by atoms with Crippen molar-refractivity contribution in [2.24, 2.45) is 0 Å². The predicted molar refractivity (Wildman–Crippen MR) is 61.6 cm³/mol. The minimum atomic E-state index is -1.26. The Hall–Kier alpha value is -0.810. The van der Waals surface area contributed by atoms with Crippen molar-refractivity contribution in [2.75, 3.05) is 0 Å². The first-order chi connectivity index (χ1) is 7.02. The molecule has 0 aliphatic carbocycles. The summed E-state index contributed by atoms with van der Waals surface area (Å²) in [6.07, 6.45) is 1.12. The van der Waals surface area contributed by atoms with E-state index in [1.165, 1.54) is 0 Å². The van der Waals surface area contributed by atoms with Gasteiger partial charge in [0.2, 0.25) is 0 Å². The third kappa shape index (κ3) is 13.2. The molecule has 4 nitrogen and oxygen atoms in total. The molecule has 0 aliphatic heterocycles. The number of aliphatic carboxylic acids is 2. The van der Waals surface area contributed by atoms with E-state index >= 15 is 0 Å². The van der Waals surface area contributed by atoms with Gasteiger partial charge < -0.3 is 10.2 Å². The van der Waals surface area contributed by atoms with Crippen LogP contribution in [0, 0.1) is 0 Å². The third-order valence-electron chi connectivity index (χ3n) is 1.10. The molecule has 0 fully saturated rings. The van der Waals surface area contributed by atoms with Gasteiger partial charge in [-0.2, -0.15) is 0 Å². The summed E-state index contributed by atoms with van der Waals surface area (Å²) in [5.74, 6) is -2.51. The molecule has 6 heteroatoms. The van der Waals surface area contributed by atoms with Crippen LogP contribution >= 0.6 is 11.6 Å². The molecule has 2 N–H and O–H groups in total. The monoisotopic (exact) mass is 251 g/mol. The van der Waals surface area contributed by atoms with Crippen molar-refractivity contribution in [1.82, 2.24) is 0 Å². The van der Waals surface area contributed by atoms with Gasteiger partial charge in [0.1, 0.15) is 0 Å². The van der Waals surface area contributed by atoms with Crippen molar-refractivity contribution in [2.45, 2.75) is 0 Å². The van der Waals surface area contributed by atoms with Crippen LogP contribution in [0.25, 0.3) is 0 Å². The molecule has 0 saturated carbocycles. The van der Waals surface area contributed by atoms with Gasteiger partial charge in [-0.05, 0) is 12.1 Å². The predicted octanol–water partition coefficient (Wildman–Crippen LogP) is 1.67. The molecular formula is C10H9ClNaO4. The summed E-state index contributed by atoms with van der Waals surface area (Å²) in [6, 6.07) is 9.44. The molecule has 1 rings (SSSR count). The Morgan fingerprint density at radius 1 is 1.00 bits per heavy atom. The van der Waals surface area contributed by atoms with Crippen molar-refractivity contribution in [3.63, 3.8) is 0 Å². The van der Waals surface area contributed by atoms with Gasteiger partial charge in [0.05, 0.1) is 0 Å². The van der Waals surface area contributed by atoms with Gasteiger partial charge in [-0.3, -0.25) is 0 Å². The first-order valence-electron chi connectivity index (χ1n) is 3.87. The van der Waals surface area contributed by atoms with Gasteiger partial charge in [0, 0.05) is 46.7 Å². The first-order valence-corrected chi connectivity index (χ1v) is 4.24. The average molecular weight is 252 g/mol. The van der Waals surface area contributed by atoms with Crippen molar-refractivity contribution >= 4 is 53.1 Å². The number of carbonyl (C=O) groups is 2. The van der Waals surface area contributed by atoms with Crippen LogP contribution < -0.4 is 0 Å². The SMILES string of the molecule is Clc1ccccc1.O=C(O)C=CC(=O)O.[Na]. The van der Waals surface area contributed by atoms with E-state index in [-0.39, 0.29) is 29.6 Å². The van der Waals surface area contributed by atoms with Crippen LogP contribution in [0.1, 0.15) is 0 Å². The largest absolute Gasteiger partial charge is 0.478 e. The second kappa shape index (κ2) is 10.7. The van der Waals surface area contributed by atoms with E-state index < -0.39 is 11.9 Å². The summed E-state index contributed by atoms with van der Waals surface area (Å²) in [4.78, 5) is 19.1. The van der Waals surface area contributed by atoms with Crippen molar-refractivity contribution < 1.29 is 19.8 Å². The molecule has 0 spiro atoms. The van der Waals surface area contributed by atoms with E-state index in [2.05, 4.69) is 0 Å². The first kappa shape index (κ1) is 17.6. The number of benzene rings is 1. The number of halogens is 1. The number of carboxylic acid groups (broad SMARTS) is 2. The van der Waals surface area contributed by atoms with Crippen LogP contribution in [0.15, 0.2) is 42.5 Å². The average Bonchev–Trinajstić information content (AvgIpc) is 2.17. The van der Waals surface area contributed by atoms with E-state index in [1.54, 1.807) is 0 Å². The zero-order valence-electron chi connectivity index (χ0n) is 8.63. The Balaban J connectivity index is 0. The summed E-state index contributed by atoms with van der Waals surface area (Å²) in [5.41, 5.74) is 0. The van der Waals surface area contributed by atoms with Gasteiger partial charge in [-0.25, -0.2) is 9.59 Å². The maximum atomic E-state index is 9.55. The molecule has 0 amide bonds.